The molecule has 0 bridgehead atoms. The van der Waals surface area contributed by atoms with Crippen molar-refractivity contribution >= 4 is 28.5 Å². The number of carboxylic acids is 1. The van der Waals surface area contributed by atoms with Gasteiger partial charge in [-0.15, -0.1) is 0 Å². The van der Waals surface area contributed by atoms with E-state index in [9.17, 15) is 4.79 Å². The van der Waals surface area contributed by atoms with Gasteiger partial charge in [0.2, 0.25) is 0 Å². The van der Waals surface area contributed by atoms with Gasteiger partial charge >= 0.3 is 5.97 Å². The summed E-state index contributed by atoms with van der Waals surface area (Å²) in [7, 11) is 0. The SMILES string of the molecule is O=C(O)Cc1cccc2c(-c3ccc(Cl)cc3)coc12. The third-order valence-corrected chi connectivity index (χ3v) is 3.43. The van der Waals surface area contributed by atoms with E-state index in [1.54, 1.807) is 12.3 Å². The van der Waals surface area contributed by atoms with Gasteiger partial charge in [0.05, 0.1) is 12.7 Å². The predicted molar refractivity (Wildman–Crippen MR) is 78.0 cm³/mol. The lowest BCUT2D eigenvalue weighted by molar-refractivity contribution is -0.136. The summed E-state index contributed by atoms with van der Waals surface area (Å²) < 4.78 is 5.57. The van der Waals surface area contributed by atoms with Crippen LogP contribution < -0.4 is 0 Å². The van der Waals surface area contributed by atoms with Crippen molar-refractivity contribution in [3.05, 3.63) is 59.3 Å². The van der Waals surface area contributed by atoms with Crippen LogP contribution in [-0.4, -0.2) is 11.1 Å². The van der Waals surface area contributed by atoms with Gasteiger partial charge in [-0.25, -0.2) is 0 Å². The zero-order chi connectivity index (χ0) is 14.1. The number of para-hydroxylation sites is 1. The zero-order valence-electron chi connectivity index (χ0n) is 10.5. The van der Waals surface area contributed by atoms with Crippen LogP contribution in [0.25, 0.3) is 22.1 Å². The van der Waals surface area contributed by atoms with E-state index in [0.29, 0.717) is 16.2 Å². The summed E-state index contributed by atoms with van der Waals surface area (Å²) in [5.74, 6) is -0.873. The van der Waals surface area contributed by atoms with E-state index in [0.717, 1.165) is 16.5 Å². The summed E-state index contributed by atoms with van der Waals surface area (Å²) in [6.45, 7) is 0. The van der Waals surface area contributed by atoms with Gasteiger partial charge in [0, 0.05) is 21.5 Å². The molecule has 3 nitrogen and oxygen atoms in total. The molecule has 0 aliphatic rings. The number of hydrogen-bond donors (Lipinski definition) is 1. The first-order valence-corrected chi connectivity index (χ1v) is 6.50. The van der Waals surface area contributed by atoms with Crippen molar-refractivity contribution in [1.82, 2.24) is 0 Å². The van der Waals surface area contributed by atoms with E-state index in [4.69, 9.17) is 21.1 Å². The molecular formula is C16H11ClO3. The average Bonchev–Trinajstić information content (AvgIpc) is 2.84. The molecule has 0 atom stereocenters. The Balaban J connectivity index is 2.14. The Morgan fingerprint density at radius 3 is 2.60 bits per heavy atom. The van der Waals surface area contributed by atoms with E-state index in [1.807, 2.05) is 36.4 Å². The highest BCUT2D eigenvalue weighted by Gasteiger charge is 2.13. The second kappa shape index (κ2) is 5.02. The molecule has 3 rings (SSSR count). The Kier molecular flexibility index (Phi) is 3.20. The fourth-order valence-corrected chi connectivity index (χ4v) is 2.40. The van der Waals surface area contributed by atoms with Gasteiger partial charge in [0.15, 0.2) is 0 Å². The number of rotatable bonds is 3. The van der Waals surface area contributed by atoms with Gasteiger partial charge in [0.25, 0.3) is 0 Å². The monoisotopic (exact) mass is 286 g/mol. The predicted octanol–water partition coefficient (Wildman–Crippen LogP) is 4.38. The van der Waals surface area contributed by atoms with E-state index < -0.39 is 5.97 Å². The highest BCUT2D eigenvalue weighted by Crippen LogP contribution is 2.33. The van der Waals surface area contributed by atoms with Gasteiger partial charge in [0.1, 0.15) is 5.58 Å². The Hall–Kier alpha value is -2.26. The lowest BCUT2D eigenvalue weighted by atomic mass is 10.0. The van der Waals surface area contributed by atoms with Gasteiger partial charge < -0.3 is 9.52 Å². The van der Waals surface area contributed by atoms with Crippen LogP contribution in [0.1, 0.15) is 5.56 Å². The van der Waals surface area contributed by atoms with Crippen LogP contribution in [0.2, 0.25) is 5.02 Å². The minimum atomic E-state index is -0.873. The van der Waals surface area contributed by atoms with E-state index >= 15 is 0 Å². The molecule has 0 aliphatic carbocycles. The fraction of sp³-hybridized carbons (Fsp3) is 0.0625. The number of halogens is 1. The third-order valence-electron chi connectivity index (χ3n) is 3.18. The molecule has 1 heterocycles. The van der Waals surface area contributed by atoms with Crippen LogP contribution in [0, 0.1) is 0 Å². The number of benzene rings is 2. The third kappa shape index (κ3) is 2.28. The second-order valence-electron chi connectivity index (χ2n) is 4.52. The second-order valence-corrected chi connectivity index (χ2v) is 4.96. The Labute approximate surface area is 120 Å². The molecule has 0 fully saturated rings. The molecule has 0 saturated carbocycles. The van der Waals surface area contributed by atoms with Crippen LogP contribution in [0.5, 0.6) is 0 Å². The molecule has 0 saturated heterocycles. The first kappa shape index (κ1) is 12.8. The van der Waals surface area contributed by atoms with Crippen molar-refractivity contribution in [2.24, 2.45) is 0 Å². The Morgan fingerprint density at radius 1 is 1.15 bits per heavy atom. The topological polar surface area (TPSA) is 50.4 Å². The highest BCUT2D eigenvalue weighted by atomic mass is 35.5. The maximum Gasteiger partial charge on any atom is 0.307 e. The Bertz CT molecular complexity index is 772. The number of carbonyl (C=O) groups is 1. The molecule has 100 valence electrons. The molecule has 0 aliphatic heterocycles. The van der Waals surface area contributed by atoms with Crippen molar-refractivity contribution < 1.29 is 14.3 Å². The first-order valence-electron chi connectivity index (χ1n) is 6.12. The van der Waals surface area contributed by atoms with Gasteiger partial charge in [-0.05, 0) is 17.7 Å². The zero-order valence-corrected chi connectivity index (χ0v) is 11.2. The lowest BCUT2D eigenvalue weighted by Gasteiger charge is -2.01. The normalized spacial score (nSPS) is 10.8. The number of hydrogen-bond acceptors (Lipinski definition) is 2. The van der Waals surface area contributed by atoms with Crippen molar-refractivity contribution in [2.75, 3.05) is 0 Å². The maximum absolute atomic E-state index is 10.9. The summed E-state index contributed by atoms with van der Waals surface area (Å²) in [5, 5.41) is 10.5. The summed E-state index contributed by atoms with van der Waals surface area (Å²) in [5.41, 5.74) is 3.22. The largest absolute Gasteiger partial charge is 0.481 e. The van der Waals surface area contributed by atoms with Crippen LogP contribution in [0.4, 0.5) is 0 Å². The van der Waals surface area contributed by atoms with E-state index in [-0.39, 0.29) is 6.42 Å². The molecule has 0 amide bonds. The number of fused-ring (bicyclic) bond motifs is 1. The van der Waals surface area contributed by atoms with Crippen molar-refractivity contribution in [3.63, 3.8) is 0 Å². The summed E-state index contributed by atoms with van der Waals surface area (Å²) in [6, 6.07) is 13.0. The molecule has 4 heteroatoms. The quantitative estimate of drug-likeness (QED) is 0.777. The average molecular weight is 287 g/mol. The van der Waals surface area contributed by atoms with Crippen LogP contribution in [-0.2, 0) is 11.2 Å². The molecule has 0 unspecified atom stereocenters. The van der Waals surface area contributed by atoms with Crippen LogP contribution >= 0.6 is 11.6 Å². The molecular weight excluding hydrogens is 276 g/mol. The standard InChI is InChI=1S/C16H11ClO3/c17-12-6-4-10(5-7-12)14-9-20-16-11(8-15(18)19)2-1-3-13(14)16/h1-7,9H,8H2,(H,18,19). The number of furan rings is 1. The first-order chi connectivity index (χ1) is 9.65. The number of aliphatic carboxylic acids is 1. The molecule has 0 spiro atoms. The summed E-state index contributed by atoms with van der Waals surface area (Å²) in [4.78, 5) is 10.9. The number of carboxylic acid groups (broad SMARTS) is 1. The minimum absolute atomic E-state index is 0.0507. The summed E-state index contributed by atoms with van der Waals surface area (Å²) in [6.07, 6.45) is 1.60. The Morgan fingerprint density at radius 2 is 1.90 bits per heavy atom. The van der Waals surface area contributed by atoms with E-state index in [1.165, 1.54) is 0 Å². The molecule has 1 N–H and O–H groups in total. The van der Waals surface area contributed by atoms with Crippen molar-refractivity contribution in [3.8, 4) is 11.1 Å². The molecule has 20 heavy (non-hydrogen) atoms. The molecule has 3 aromatic rings. The van der Waals surface area contributed by atoms with Gasteiger partial charge in [-0.2, -0.15) is 0 Å². The van der Waals surface area contributed by atoms with E-state index in [2.05, 4.69) is 0 Å². The highest BCUT2D eigenvalue weighted by molar-refractivity contribution is 6.30. The van der Waals surface area contributed by atoms with Crippen LogP contribution in [0.15, 0.2) is 53.1 Å². The van der Waals surface area contributed by atoms with Crippen LogP contribution in [0.3, 0.4) is 0 Å². The summed E-state index contributed by atoms with van der Waals surface area (Å²) >= 11 is 5.89. The maximum atomic E-state index is 10.9. The fourth-order valence-electron chi connectivity index (χ4n) is 2.27. The lowest BCUT2D eigenvalue weighted by Crippen LogP contribution is -1.99. The van der Waals surface area contributed by atoms with Gasteiger partial charge in [-0.1, -0.05) is 41.9 Å². The minimum Gasteiger partial charge on any atom is -0.481 e. The smallest absolute Gasteiger partial charge is 0.307 e. The van der Waals surface area contributed by atoms with Gasteiger partial charge in [-0.3, -0.25) is 4.79 Å². The van der Waals surface area contributed by atoms with Crippen molar-refractivity contribution in [1.29, 1.82) is 0 Å². The molecule has 0 radical (unpaired) electrons. The molecule has 1 aromatic heterocycles. The van der Waals surface area contributed by atoms with Crippen molar-refractivity contribution in [2.45, 2.75) is 6.42 Å². The molecule has 2 aromatic carbocycles.